The lowest BCUT2D eigenvalue weighted by Gasteiger charge is -2.23. The fourth-order valence-electron chi connectivity index (χ4n) is 1.34. The topological polar surface area (TPSA) is 107 Å². The summed E-state index contributed by atoms with van der Waals surface area (Å²) in [6.45, 7) is 5.34. The summed E-state index contributed by atoms with van der Waals surface area (Å²) >= 11 is 0. The maximum absolute atomic E-state index is 11.6. The number of rotatable bonds is 6. The van der Waals surface area contributed by atoms with Crippen molar-refractivity contribution in [1.82, 2.24) is 10.2 Å². The third kappa shape index (κ3) is 9.04. The predicted octanol–water partition coefficient (Wildman–Crippen LogP) is 2.06. The molecule has 0 bridgehead atoms. The molecule has 0 aliphatic carbocycles. The average molecular weight is 285 g/mol. The molecule has 0 radical (unpaired) electrons. The van der Waals surface area contributed by atoms with E-state index >= 15 is 0 Å². The van der Waals surface area contributed by atoms with Gasteiger partial charge < -0.3 is 15.0 Å². The largest absolute Gasteiger partial charge is 0.444 e. The van der Waals surface area contributed by atoms with Crippen LogP contribution in [0.25, 0.3) is 10.4 Å². The van der Waals surface area contributed by atoms with Gasteiger partial charge in [-0.05, 0) is 32.7 Å². The van der Waals surface area contributed by atoms with Gasteiger partial charge in [-0.25, -0.2) is 4.79 Å². The number of hydrogen-bond donors (Lipinski definition) is 1. The van der Waals surface area contributed by atoms with E-state index in [1.165, 1.54) is 4.90 Å². The van der Waals surface area contributed by atoms with Crippen molar-refractivity contribution in [1.29, 1.82) is 0 Å². The van der Waals surface area contributed by atoms with Crippen molar-refractivity contribution < 1.29 is 14.3 Å². The van der Waals surface area contributed by atoms with Crippen LogP contribution in [0.5, 0.6) is 0 Å². The summed E-state index contributed by atoms with van der Waals surface area (Å²) in [5.41, 5.74) is 7.74. The van der Waals surface area contributed by atoms with Crippen molar-refractivity contribution in [2.75, 3.05) is 20.6 Å². The van der Waals surface area contributed by atoms with Crippen LogP contribution in [0.3, 0.4) is 0 Å². The van der Waals surface area contributed by atoms with E-state index in [4.69, 9.17) is 10.3 Å². The third-order valence-corrected chi connectivity index (χ3v) is 2.29. The lowest BCUT2D eigenvalue weighted by molar-refractivity contribution is -0.128. The quantitative estimate of drug-likeness (QED) is 0.458. The highest BCUT2D eigenvalue weighted by molar-refractivity contribution is 5.75. The monoisotopic (exact) mass is 285 g/mol. The van der Waals surface area contributed by atoms with Crippen LogP contribution in [0, 0.1) is 0 Å². The second-order valence-corrected chi connectivity index (χ2v) is 5.58. The Morgan fingerprint density at radius 3 is 2.45 bits per heavy atom. The Kier molecular flexibility index (Phi) is 7.46. The van der Waals surface area contributed by atoms with Crippen LogP contribution < -0.4 is 5.32 Å². The van der Waals surface area contributed by atoms with Crippen LogP contribution in [-0.4, -0.2) is 49.2 Å². The Hall–Kier alpha value is -1.95. The van der Waals surface area contributed by atoms with Crippen molar-refractivity contribution in [3.63, 3.8) is 0 Å². The van der Waals surface area contributed by atoms with Crippen LogP contribution in [0.1, 0.15) is 33.6 Å². The van der Waals surface area contributed by atoms with E-state index in [0.717, 1.165) is 0 Å². The molecule has 0 saturated carbocycles. The Bertz CT molecular complexity index is 383. The van der Waals surface area contributed by atoms with Crippen molar-refractivity contribution >= 4 is 12.0 Å². The number of azide groups is 1. The summed E-state index contributed by atoms with van der Waals surface area (Å²) in [6, 6.07) is -0.426. The number of nitrogens with zero attached hydrogens (tertiary/aromatic N) is 4. The standard InChI is InChI=1S/C12H23N5O3/c1-12(2,3)20-11(19)15-9(8-14-16-13)6-7-10(18)17(4)5/h9H,6-8H2,1-5H3,(H,15,19)/t9-/m1/s1. The Labute approximate surface area is 119 Å². The molecule has 0 unspecified atom stereocenters. The maximum Gasteiger partial charge on any atom is 0.407 e. The van der Waals surface area contributed by atoms with Crippen LogP contribution in [0.2, 0.25) is 0 Å². The Balaban J connectivity index is 4.45. The molecule has 114 valence electrons. The first-order valence-electron chi connectivity index (χ1n) is 6.36. The van der Waals surface area contributed by atoms with Gasteiger partial charge in [-0.3, -0.25) is 4.79 Å². The molecule has 0 aliphatic heterocycles. The molecular formula is C12H23N5O3. The van der Waals surface area contributed by atoms with Gasteiger partial charge in [0.1, 0.15) is 5.60 Å². The van der Waals surface area contributed by atoms with Crippen molar-refractivity contribution in [3.8, 4) is 0 Å². The summed E-state index contributed by atoms with van der Waals surface area (Å²) in [5.74, 6) is -0.0538. The molecule has 0 aromatic heterocycles. The molecular weight excluding hydrogens is 262 g/mol. The first kappa shape index (κ1) is 18.0. The number of hydrogen-bond acceptors (Lipinski definition) is 4. The maximum atomic E-state index is 11.6. The fourth-order valence-corrected chi connectivity index (χ4v) is 1.34. The van der Waals surface area contributed by atoms with Crippen LogP contribution in [0.15, 0.2) is 5.11 Å². The van der Waals surface area contributed by atoms with Crippen molar-refractivity contribution in [2.45, 2.75) is 45.3 Å². The van der Waals surface area contributed by atoms with Gasteiger partial charge in [-0.2, -0.15) is 0 Å². The number of carbonyl (C=O) groups excluding carboxylic acids is 2. The van der Waals surface area contributed by atoms with Crippen molar-refractivity contribution in [3.05, 3.63) is 10.4 Å². The summed E-state index contributed by atoms with van der Waals surface area (Å²) in [6.07, 6.45) is 0.0527. The SMILES string of the molecule is CN(C)C(=O)CC[C@H](CN=[N+]=[N-])NC(=O)OC(C)(C)C. The highest BCUT2D eigenvalue weighted by Gasteiger charge is 2.20. The smallest absolute Gasteiger partial charge is 0.407 e. The highest BCUT2D eigenvalue weighted by Crippen LogP contribution is 2.08. The molecule has 20 heavy (non-hydrogen) atoms. The van der Waals surface area contributed by atoms with Gasteiger partial charge in [0.25, 0.3) is 0 Å². The molecule has 0 aromatic carbocycles. The first-order valence-corrected chi connectivity index (χ1v) is 6.36. The minimum atomic E-state index is -0.605. The Morgan fingerprint density at radius 2 is 2.00 bits per heavy atom. The average Bonchev–Trinajstić information content (AvgIpc) is 2.29. The molecule has 0 saturated heterocycles. The van der Waals surface area contributed by atoms with Gasteiger partial charge in [-0.15, -0.1) is 0 Å². The third-order valence-electron chi connectivity index (χ3n) is 2.29. The molecule has 8 heteroatoms. The van der Waals surface area contributed by atoms with Gasteiger partial charge in [-0.1, -0.05) is 5.11 Å². The zero-order valence-corrected chi connectivity index (χ0v) is 12.7. The number of amides is 2. The summed E-state index contributed by atoms with van der Waals surface area (Å²) in [5, 5.41) is 6.04. The molecule has 0 rings (SSSR count). The first-order chi connectivity index (χ1) is 9.15. The lowest BCUT2D eigenvalue weighted by atomic mass is 10.1. The molecule has 1 N–H and O–H groups in total. The molecule has 0 aromatic rings. The second-order valence-electron chi connectivity index (χ2n) is 5.58. The predicted molar refractivity (Wildman–Crippen MR) is 75.1 cm³/mol. The van der Waals surface area contributed by atoms with E-state index in [0.29, 0.717) is 6.42 Å². The number of carbonyl (C=O) groups is 2. The minimum absolute atomic E-state index is 0.0538. The summed E-state index contributed by atoms with van der Waals surface area (Å²) < 4.78 is 5.12. The van der Waals surface area contributed by atoms with Gasteiger partial charge in [0.15, 0.2) is 0 Å². The molecule has 0 fully saturated rings. The van der Waals surface area contributed by atoms with E-state index in [2.05, 4.69) is 15.3 Å². The lowest BCUT2D eigenvalue weighted by Crippen LogP contribution is -2.41. The van der Waals surface area contributed by atoms with Gasteiger partial charge in [0.2, 0.25) is 5.91 Å². The van der Waals surface area contributed by atoms with Crippen molar-refractivity contribution in [2.24, 2.45) is 5.11 Å². The van der Waals surface area contributed by atoms with E-state index in [1.54, 1.807) is 34.9 Å². The van der Waals surface area contributed by atoms with E-state index in [1.807, 2.05) is 0 Å². The molecule has 0 spiro atoms. The zero-order chi connectivity index (χ0) is 15.8. The van der Waals surface area contributed by atoms with E-state index in [-0.39, 0.29) is 18.9 Å². The van der Waals surface area contributed by atoms with Gasteiger partial charge in [0, 0.05) is 38.0 Å². The second kappa shape index (κ2) is 8.27. The van der Waals surface area contributed by atoms with E-state index in [9.17, 15) is 9.59 Å². The molecule has 1 atom stereocenters. The molecule has 8 nitrogen and oxygen atoms in total. The van der Waals surface area contributed by atoms with Crippen LogP contribution in [-0.2, 0) is 9.53 Å². The number of ether oxygens (including phenoxy) is 1. The normalized spacial score (nSPS) is 12.1. The zero-order valence-electron chi connectivity index (χ0n) is 12.7. The summed E-state index contributed by atoms with van der Waals surface area (Å²) in [7, 11) is 3.32. The van der Waals surface area contributed by atoms with Crippen LogP contribution >= 0.6 is 0 Å². The number of nitrogens with one attached hydrogen (secondary N) is 1. The minimum Gasteiger partial charge on any atom is -0.444 e. The van der Waals surface area contributed by atoms with Crippen LogP contribution in [0.4, 0.5) is 4.79 Å². The molecule has 0 heterocycles. The number of alkyl carbamates (subject to hydrolysis) is 1. The molecule has 2 amide bonds. The highest BCUT2D eigenvalue weighted by atomic mass is 16.6. The fraction of sp³-hybridized carbons (Fsp3) is 0.833. The Morgan fingerprint density at radius 1 is 1.40 bits per heavy atom. The van der Waals surface area contributed by atoms with Gasteiger partial charge in [0.05, 0.1) is 0 Å². The molecule has 0 aliphatic rings. The summed E-state index contributed by atoms with van der Waals surface area (Å²) in [4.78, 5) is 27.3. The van der Waals surface area contributed by atoms with E-state index < -0.39 is 17.7 Å². The van der Waals surface area contributed by atoms with Gasteiger partial charge >= 0.3 is 6.09 Å².